The van der Waals surface area contributed by atoms with E-state index in [0.29, 0.717) is 10.9 Å². The number of halogens is 1. The van der Waals surface area contributed by atoms with Crippen LogP contribution < -0.4 is 10.6 Å². The first-order chi connectivity index (χ1) is 12.1. The van der Waals surface area contributed by atoms with E-state index in [9.17, 15) is 9.59 Å². The molecule has 2 amide bonds. The lowest BCUT2D eigenvalue weighted by Gasteiger charge is -2.39. The lowest BCUT2D eigenvalue weighted by atomic mass is 9.69. The minimum absolute atomic E-state index is 0.00623. The van der Waals surface area contributed by atoms with E-state index in [4.69, 9.17) is 11.6 Å². The maximum Gasteiger partial charge on any atom is 0.222 e. The van der Waals surface area contributed by atoms with E-state index in [0.717, 1.165) is 12.0 Å². The Kier molecular flexibility index (Phi) is 5.08. The molecule has 4 atom stereocenters. The molecule has 1 aromatic rings. The van der Waals surface area contributed by atoms with Crippen LogP contribution in [-0.4, -0.2) is 17.9 Å². The molecule has 26 heavy (non-hydrogen) atoms. The zero-order valence-corrected chi connectivity index (χ0v) is 16.8. The van der Waals surface area contributed by atoms with Crippen LogP contribution in [0.5, 0.6) is 0 Å². The van der Waals surface area contributed by atoms with Crippen LogP contribution in [0, 0.1) is 16.7 Å². The number of hydrogen-bond acceptors (Lipinski definition) is 2. The zero-order chi connectivity index (χ0) is 19.1. The summed E-state index contributed by atoms with van der Waals surface area (Å²) in [7, 11) is 0. The SMILES string of the molecule is CC(=O)NC(CC(=O)NC1CC2CCC1(C)C2(C)C)c1ccc(Cl)cc1. The molecule has 2 bridgehead atoms. The van der Waals surface area contributed by atoms with Gasteiger partial charge in [0.2, 0.25) is 11.8 Å². The Balaban J connectivity index is 1.69. The summed E-state index contributed by atoms with van der Waals surface area (Å²) in [6, 6.07) is 7.15. The number of carbonyl (C=O) groups is 2. The fourth-order valence-corrected chi connectivity index (χ4v) is 5.18. The zero-order valence-electron chi connectivity index (χ0n) is 16.1. The highest BCUT2D eigenvalue weighted by atomic mass is 35.5. The van der Waals surface area contributed by atoms with Crippen molar-refractivity contribution in [3.8, 4) is 0 Å². The molecule has 0 saturated heterocycles. The minimum atomic E-state index is -0.343. The molecule has 0 radical (unpaired) electrons. The molecule has 2 aliphatic rings. The quantitative estimate of drug-likeness (QED) is 0.807. The van der Waals surface area contributed by atoms with Crippen LogP contribution in [0.25, 0.3) is 0 Å². The second-order valence-electron chi connectivity index (χ2n) is 8.74. The lowest BCUT2D eigenvalue weighted by molar-refractivity contribution is -0.124. The number of hydrogen-bond donors (Lipinski definition) is 2. The van der Waals surface area contributed by atoms with Crippen LogP contribution in [0.4, 0.5) is 0 Å². The van der Waals surface area contributed by atoms with Crippen molar-refractivity contribution < 1.29 is 9.59 Å². The van der Waals surface area contributed by atoms with Crippen LogP contribution in [0.15, 0.2) is 24.3 Å². The number of carbonyl (C=O) groups excluding carboxylic acids is 2. The second kappa shape index (κ2) is 6.88. The Morgan fingerprint density at radius 2 is 1.88 bits per heavy atom. The highest BCUT2D eigenvalue weighted by molar-refractivity contribution is 6.30. The van der Waals surface area contributed by atoms with Crippen molar-refractivity contribution in [2.24, 2.45) is 16.7 Å². The molecule has 1 aromatic carbocycles. The molecule has 2 N–H and O–H groups in total. The van der Waals surface area contributed by atoms with Gasteiger partial charge in [0.15, 0.2) is 0 Å². The molecule has 0 heterocycles. The summed E-state index contributed by atoms with van der Waals surface area (Å²) in [5.74, 6) is 0.527. The molecule has 3 rings (SSSR count). The van der Waals surface area contributed by atoms with Crippen LogP contribution >= 0.6 is 11.6 Å². The maximum absolute atomic E-state index is 12.8. The van der Waals surface area contributed by atoms with E-state index in [-0.39, 0.29) is 41.1 Å². The van der Waals surface area contributed by atoms with Gasteiger partial charge in [0.05, 0.1) is 12.5 Å². The van der Waals surface area contributed by atoms with Crippen molar-refractivity contribution in [3.05, 3.63) is 34.9 Å². The third-order valence-electron chi connectivity index (χ3n) is 7.17. The molecule has 2 aliphatic carbocycles. The van der Waals surface area contributed by atoms with Gasteiger partial charge in [0.25, 0.3) is 0 Å². The number of amides is 2. The fourth-order valence-electron chi connectivity index (χ4n) is 5.05. The summed E-state index contributed by atoms with van der Waals surface area (Å²) < 4.78 is 0. The Labute approximate surface area is 161 Å². The molecular weight excluding hydrogens is 348 g/mol. The maximum atomic E-state index is 12.8. The molecule has 4 nitrogen and oxygen atoms in total. The predicted molar refractivity (Wildman–Crippen MR) is 104 cm³/mol. The van der Waals surface area contributed by atoms with Crippen LogP contribution in [0.1, 0.15) is 65.0 Å². The first-order valence-corrected chi connectivity index (χ1v) is 9.83. The van der Waals surface area contributed by atoms with Crippen molar-refractivity contribution in [1.29, 1.82) is 0 Å². The average molecular weight is 377 g/mol. The fraction of sp³-hybridized carbons (Fsp3) is 0.619. The first kappa shape index (κ1) is 19.2. The van der Waals surface area contributed by atoms with E-state index < -0.39 is 0 Å². The molecule has 2 fully saturated rings. The molecule has 0 aromatic heterocycles. The number of benzene rings is 1. The Morgan fingerprint density at radius 3 is 2.38 bits per heavy atom. The van der Waals surface area contributed by atoms with Crippen LogP contribution in [0.3, 0.4) is 0 Å². The molecule has 4 unspecified atom stereocenters. The van der Waals surface area contributed by atoms with Gasteiger partial charge in [-0.15, -0.1) is 0 Å². The summed E-state index contributed by atoms with van der Waals surface area (Å²) >= 11 is 5.95. The highest BCUT2D eigenvalue weighted by Crippen LogP contribution is 2.65. The van der Waals surface area contributed by atoms with E-state index >= 15 is 0 Å². The normalized spacial score (nSPS) is 30.0. The van der Waals surface area contributed by atoms with Crippen molar-refractivity contribution in [2.45, 2.75) is 65.5 Å². The van der Waals surface area contributed by atoms with E-state index in [1.54, 1.807) is 12.1 Å². The lowest BCUT2D eigenvalue weighted by Crippen LogP contribution is -2.47. The van der Waals surface area contributed by atoms with Crippen molar-refractivity contribution in [1.82, 2.24) is 10.6 Å². The van der Waals surface area contributed by atoms with Gasteiger partial charge in [-0.25, -0.2) is 0 Å². The first-order valence-electron chi connectivity index (χ1n) is 9.45. The topological polar surface area (TPSA) is 58.2 Å². The average Bonchev–Trinajstić information content (AvgIpc) is 2.88. The summed E-state index contributed by atoms with van der Waals surface area (Å²) in [5.41, 5.74) is 1.30. The van der Waals surface area contributed by atoms with Gasteiger partial charge >= 0.3 is 0 Å². The van der Waals surface area contributed by atoms with E-state index in [2.05, 4.69) is 31.4 Å². The van der Waals surface area contributed by atoms with Crippen LogP contribution in [-0.2, 0) is 9.59 Å². The van der Waals surface area contributed by atoms with Crippen molar-refractivity contribution in [3.63, 3.8) is 0 Å². The minimum Gasteiger partial charge on any atom is -0.353 e. The molecular formula is C21H29ClN2O2. The van der Waals surface area contributed by atoms with Crippen molar-refractivity contribution >= 4 is 23.4 Å². The predicted octanol–water partition coefficient (Wildman–Crippen LogP) is 4.24. The molecule has 0 aliphatic heterocycles. The van der Waals surface area contributed by atoms with E-state index in [1.807, 2.05) is 12.1 Å². The molecule has 5 heteroatoms. The number of fused-ring (bicyclic) bond motifs is 2. The molecule has 142 valence electrons. The largest absolute Gasteiger partial charge is 0.353 e. The third-order valence-corrected chi connectivity index (χ3v) is 7.42. The molecule has 0 spiro atoms. The summed E-state index contributed by atoms with van der Waals surface area (Å²) in [5, 5.41) is 6.80. The monoisotopic (exact) mass is 376 g/mol. The highest BCUT2D eigenvalue weighted by Gasteiger charge is 2.61. The van der Waals surface area contributed by atoms with Gasteiger partial charge in [-0.3, -0.25) is 9.59 Å². The van der Waals surface area contributed by atoms with Gasteiger partial charge in [0, 0.05) is 18.0 Å². The Bertz CT molecular complexity index is 700. The van der Waals surface area contributed by atoms with Crippen LogP contribution in [0.2, 0.25) is 5.02 Å². The standard InChI is InChI=1S/C21H29ClN2O2/c1-13(25)23-17(14-5-7-16(22)8-6-14)12-19(26)24-18-11-15-9-10-21(18,4)20(15,2)3/h5-8,15,17-18H,9-12H2,1-4H3,(H,23,25)(H,24,26). The summed E-state index contributed by atoms with van der Waals surface area (Å²) in [4.78, 5) is 24.4. The van der Waals surface area contributed by atoms with Gasteiger partial charge in [-0.2, -0.15) is 0 Å². The summed E-state index contributed by atoms with van der Waals surface area (Å²) in [6.07, 6.45) is 3.72. The Hall–Kier alpha value is -1.55. The smallest absolute Gasteiger partial charge is 0.222 e. The number of nitrogens with one attached hydrogen (secondary N) is 2. The third kappa shape index (κ3) is 3.36. The van der Waals surface area contributed by atoms with Gasteiger partial charge in [-0.05, 0) is 53.7 Å². The van der Waals surface area contributed by atoms with Crippen molar-refractivity contribution in [2.75, 3.05) is 0 Å². The molecule has 2 saturated carbocycles. The van der Waals surface area contributed by atoms with Gasteiger partial charge < -0.3 is 10.6 Å². The summed E-state index contributed by atoms with van der Waals surface area (Å²) in [6.45, 7) is 8.46. The van der Waals surface area contributed by atoms with Gasteiger partial charge in [-0.1, -0.05) is 44.5 Å². The van der Waals surface area contributed by atoms with Gasteiger partial charge in [0.1, 0.15) is 0 Å². The van der Waals surface area contributed by atoms with E-state index in [1.165, 1.54) is 19.8 Å². The number of rotatable bonds is 5. The Morgan fingerprint density at radius 1 is 1.23 bits per heavy atom. The second-order valence-corrected chi connectivity index (χ2v) is 9.18.